The van der Waals surface area contributed by atoms with Gasteiger partial charge in [-0.3, -0.25) is 10.0 Å². The summed E-state index contributed by atoms with van der Waals surface area (Å²) in [5.41, 5.74) is -0.522. The van der Waals surface area contributed by atoms with Crippen LogP contribution in [0.4, 0.5) is 18.0 Å². The highest BCUT2D eigenvalue weighted by Gasteiger charge is 2.62. The van der Waals surface area contributed by atoms with Crippen LogP contribution in [0.3, 0.4) is 0 Å². The second kappa shape index (κ2) is 10.8. The minimum absolute atomic E-state index is 0.0807. The molecule has 2 bridgehead atoms. The van der Waals surface area contributed by atoms with E-state index in [0.717, 1.165) is 33.5 Å². The Morgan fingerprint density at radius 1 is 1.13 bits per heavy atom. The summed E-state index contributed by atoms with van der Waals surface area (Å²) in [6, 6.07) is 4.40. The molecule has 0 radical (unpaired) electrons. The van der Waals surface area contributed by atoms with Gasteiger partial charge in [0.2, 0.25) is 10.0 Å². The maximum absolute atomic E-state index is 14.9. The summed E-state index contributed by atoms with van der Waals surface area (Å²) in [6.07, 6.45) is -0.784. The molecule has 38 heavy (non-hydrogen) atoms. The average molecular weight is 560 g/mol. The van der Waals surface area contributed by atoms with Crippen LogP contribution in [0.25, 0.3) is 0 Å². The number of nitrogens with zero attached hydrogens (tertiary/aromatic N) is 2. The molecule has 2 N–H and O–H groups in total. The topological polar surface area (TPSA) is 135 Å². The average Bonchev–Trinajstić information content (AvgIpc) is 3.15. The fraction of sp³-hybridized carbons (Fsp3) is 0.391. The number of piperazine rings is 1. The monoisotopic (exact) mass is 559 g/mol. The first-order valence-electron chi connectivity index (χ1n) is 11.4. The minimum atomic E-state index is -4.74. The van der Waals surface area contributed by atoms with E-state index in [9.17, 15) is 36.4 Å². The molecule has 2 atom stereocenters. The summed E-state index contributed by atoms with van der Waals surface area (Å²) < 4.78 is 86.1. The molecular formula is C23H24F3N3O8S. The van der Waals surface area contributed by atoms with Crippen LogP contribution in [0.15, 0.2) is 41.3 Å². The molecule has 15 heteroatoms. The largest absolute Gasteiger partial charge is 0.451 e. The van der Waals surface area contributed by atoms with Gasteiger partial charge in [-0.25, -0.2) is 31.9 Å². The van der Waals surface area contributed by atoms with E-state index >= 15 is 0 Å². The molecule has 2 aliphatic heterocycles. The van der Waals surface area contributed by atoms with E-state index < -0.39 is 68.2 Å². The van der Waals surface area contributed by atoms with Crippen molar-refractivity contribution in [2.24, 2.45) is 0 Å². The first-order chi connectivity index (χ1) is 18.0. The van der Waals surface area contributed by atoms with Gasteiger partial charge in [0, 0.05) is 19.7 Å². The third-order valence-electron chi connectivity index (χ3n) is 6.39. The van der Waals surface area contributed by atoms with Crippen LogP contribution in [-0.4, -0.2) is 79.8 Å². The lowest BCUT2D eigenvalue weighted by Crippen LogP contribution is -2.69. The number of carbonyl (C=O) groups is 2. The lowest BCUT2D eigenvalue weighted by atomic mass is 9.96. The quantitative estimate of drug-likeness (QED) is 0.286. The van der Waals surface area contributed by atoms with Gasteiger partial charge < -0.3 is 19.1 Å². The molecule has 0 aromatic heterocycles. The number of carbonyl (C=O) groups excluding carboxylic acids is 2. The molecule has 2 unspecified atom stereocenters. The molecule has 0 spiro atoms. The third-order valence-corrected chi connectivity index (χ3v) is 8.38. The molecule has 2 saturated heterocycles. The summed E-state index contributed by atoms with van der Waals surface area (Å²) in [5, 5.41) is 9.40. The molecule has 2 aliphatic rings. The number of hydrogen-bond acceptors (Lipinski definition) is 8. The van der Waals surface area contributed by atoms with Crippen molar-refractivity contribution in [1.82, 2.24) is 14.7 Å². The standard InChI is InChI=1S/C23H24F3N3O8S/c1-35-8-9-36-22(31)28-12-15-6-7-23(13-28,21(30)27-32)29(15)38(33,34)17-10-18(25)20(19(26)11-17)37-16-4-2-14(24)3-5-16/h2-5,10-11,15,32H,6-9,12-13H2,1H3,(H,27,30). The van der Waals surface area contributed by atoms with Gasteiger partial charge in [-0.2, -0.15) is 4.31 Å². The summed E-state index contributed by atoms with van der Waals surface area (Å²) >= 11 is 0. The number of amides is 2. The molecule has 2 aromatic carbocycles. The number of rotatable bonds is 8. The lowest BCUT2D eigenvalue weighted by Gasteiger charge is -2.45. The van der Waals surface area contributed by atoms with Gasteiger partial charge in [0.25, 0.3) is 5.91 Å². The van der Waals surface area contributed by atoms with Gasteiger partial charge in [0.15, 0.2) is 17.4 Å². The maximum Gasteiger partial charge on any atom is 0.409 e. The van der Waals surface area contributed by atoms with E-state index in [4.69, 9.17) is 14.2 Å². The van der Waals surface area contributed by atoms with Gasteiger partial charge in [-0.05, 0) is 49.2 Å². The number of hydroxylamine groups is 1. The highest BCUT2D eigenvalue weighted by Crippen LogP contribution is 2.44. The zero-order chi connectivity index (χ0) is 27.7. The molecule has 2 fully saturated rings. The van der Waals surface area contributed by atoms with Crippen LogP contribution in [0.2, 0.25) is 0 Å². The summed E-state index contributed by atoms with van der Waals surface area (Å²) in [4.78, 5) is 25.7. The van der Waals surface area contributed by atoms with Crippen molar-refractivity contribution in [2.45, 2.75) is 29.3 Å². The Hall–Kier alpha value is -3.40. The highest BCUT2D eigenvalue weighted by molar-refractivity contribution is 7.89. The minimum Gasteiger partial charge on any atom is -0.451 e. The van der Waals surface area contributed by atoms with E-state index in [0.29, 0.717) is 12.1 Å². The Balaban J connectivity index is 1.66. The highest BCUT2D eigenvalue weighted by atomic mass is 32.2. The zero-order valence-corrected chi connectivity index (χ0v) is 20.8. The fourth-order valence-electron chi connectivity index (χ4n) is 4.71. The number of ether oxygens (including phenoxy) is 3. The molecule has 2 heterocycles. The Kier molecular flexibility index (Phi) is 7.83. The van der Waals surface area contributed by atoms with Crippen LogP contribution in [-0.2, 0) is 24.3 Å². The van der Waals surface area contributed by atoms with E-state index in [1.807, 2.05) is 0 Å². The Bertz CT molecular complexity index is 1300. The van der Waals surface area contributed by atoms with Gasteiger partial charge in [0.1, 0.15) is 23.7 Å². The molecule has 2 amide bonds. The molecule has 206 valence electrons. The maximum atomic E-state index is 14.9. The second-order valence-electron chi connectivity index (χ2n) is 8.73. The fourth-order valence-corrected chi connectivity index (χ4v) is 6.70. The van der Waals surface area contributed by atoms with Crippen LogP contribution in [0.5, 0.6) is 11.5 Å². The van der Waals surface area contributed by atoms with Crippen molar-refractivity contribution >= 4 is 22.0 Å². The van der Waals surface area contributed by atoms with Crippen LogP contribution >= 0.6 is 0 Å². The summed E-state index contributed by atoms with van der Waals surface area (Å²) in [5.74, 6) is -5.44. The molecule has 11 nitrogen and oxygen atoms in total. The smallest absolute Gasteiger partial charge is 0.409 e. The van der Waals surface area contributed by atoms with E-state index in [1.165, 1.54) is 12.6 Å². The van der Waals surface area contributed by atoms with Crippen molar-refractivity contribution in [3.05, 3.63) is 53.8 Å². The number of methoxy groups -OCH3 is 1. The Morgan fingerprint density at radius 3 is 2.39 bits per heavy atom. The van der Waals surface area contributed by atoms with Crippen LogP contribution < -0.4 is 10.2 Å². The number of fused-ring (bicyclic) bond motifs is 2. The van der Waals surface area contributed by atoms with Crippen molar-refractivity contribution < 1.29 is 50.6 Å². The third kappa shape index (κ3) is 5.01. The number of likely N-dealkylation sites (tertiary alicyclic amines) is 1. The van der Waals surface area contributed by atoms with Gasteiger partial charge >= 0.3 is 6.09 Å². The van der Waals surface area contributed by atoms with Crippen molar-refractivity contribution in [3.8, 4) is 11.5 Å². The van der Waals surface area contributed by atoms with Crippen molar-refractivity contribution in [3.63, 3.8) is 0 Å². The predicted octanol–water partition coefficient (Wildman–Crippen LogP) is 2.39. The summed E-state index contributed by atoms with van der Waals surface area (Å²) in [6.45, 7) is -0.605. The molecule has 0 aliphatic carbocycles. The first-order valence-corrected chi connectivity index (χ1v) is 12.8. The van der Waals surface area contributed by atoms with E-state index in [2.05, 4.69) is 0 Å². The van der Waals surface area contributed by atoms with Crippen molar-refractivity contribution in [2.75, 3.05) is 33.4 Å². The van der Waals surface area contributed by atoms with Crippen LogP contribution in [0.1, 0.15) is 12.8 Å². The van der Waals surface area contributed by atoms with Crippen LogP contribution in [0, 0.1) is 17.5 Å². The predicted molar refractivity (Wildman–Crippen MR) is 122 cm³/mol. The number of benzene rings is 2. The Morgan fingerprint density at radius 2 is 1.79 bits per heavy atom. The molecule has 4 rings (SSSR count). The SMILES string of the molecule is COCCOC(=O)N1CC2CCC(C(=O)NO)(C1)N2S(=O)(=O)c1cc(F)c(Oc2ccc(F)cc2)c(F)c1. The second-order valence-corrected chi connectivity index (χ2v) is 10.5. The van der Waals surface area contributed by atoms with Gasteiger partial charge in [0.05, 0.1) is 18.0 Å². The molecule has 2 aromatic rings. The number of nitrogens with one attached hydrogen (secondary N) is 1. The first kappa shape index (κ1) is 27.6. The molecule has 0 saturated carbocycles. The van der Waals surface area contributed by atoms with Crippen molar-refractivity contribution in [1.29, 1.82) is 0 Å². The zero-order valence-electron chi connectivity index (χ0n) is 20.0. The van der Waals surface area contributed by atoms with Gasteiger partial charge in [-0.1, -0.05) is 0 Å². The number of sulfonamides is 1. The molecular weight excluding hydrogens is 535 g/mol. The van der Waals surface area contributed by atoms with Gasteiger partial charge in [-0.15, -0.1) is 0 Å². The number of hydrogen-bond donors (Lipinski definition) is 2. The Labute approximate surface area is 215 Å². The van der Waals surface area contributed by atoms with E-state index in [-0.39, 0.29) is 38.3 Å². The normalized spacial score (nSPS) is 21.3. The number of halogens is 3. The van der Waals surface area contributed by atoms with E-state index in [1.54, 1.807) is 0 Å². The summed E-state index contributed by atoms with van der Waals surface area (Å²) in [7, 11) is -3.34. The lowest BCUT2D eigenvalue weighted by molar-refractivity contribution is -0.141.